The first-order valence-corrected chi connectivity index (χ1v) is 6.00. The van der Waals surface area contributed by atoms with Gasteiger partial charge in [0.1, 0.15) is 0 Å². The SMILES string of the molecule is CCc1ccc(C)c2c1-c1ccccc1C2=O. The molecule has 1 heteroatoms. The summed E-state index contributed by atoms with van der Waals surface area (Å²) in [4.78, 5) is 12.4. The van der Waals surface area contributed by atoms with Gasteiger partial charge in [-0.3, -0.25) is 4.79 Å². The maximum absolute atomic E-state index is 12.4. The smallest absolute Gasteiger partial charge is 0.194 e. The fourth-order valence-corrected chi connectivity index (χ4v) is 2.68. The lowest BCUT2D eigenvalue weighted by Gasteiger charge is -2.08. The molecule has 0 aliphatic heterocycles. The van der Waals surface area contributed by atoms with Gasteiger partial charge in [0.2, 0.25) is 0 Å². The van der Waals surface area contributed by atoms with Crippen LogP contribution in [0.1, 0.15) is 34.0 Å². The average molecular weight is 222 g/mol. The van der Waals surface area contributed by atoms with Crippen molar-refractivity contribution in [2.75, 3.05) is 0 Å². The van der Waals surface area contributed by atoms with Gasteiger partial charge >= 0.3 is 0 Å². The van der Waals surface area contributed by atoms with E-state index in [0.717, 1.165) is 34.2 Å². The van der Waals surface area contributed by atoms with Crippen LogP contribution in [0.4, 0.5) is 0 Å². The van der Waals surface area contributed by atoms with Gasteiger partial charge in [0.05, 0.1) is 0 Å². The largest absolute Gasteiger partial charge is 0.289 e. The molecule has 2 aromatic rings. The molecule has 0 spiro atoms. The monoisotopic (exact) mass is 222 g/mol. The Morgan fingerprint density at radius 2 is 1.65 bits per heavy atom. The van der Waals surface area contributed by atoms with Crippen molar-refractivity contribution in [1.82, 2.24) is 0 Å². The lowest BCUT2D eigenvalue weighted by Crippen LogP contribution is -1.99. The third-order valence-corrected chi connectivity index (χ3v) is 3.55. The highest BCUT2D eigenvalue weighted by Crippen LogP contribution is 2.40. The van der Waals surface area contributed by atoms with Crippen LogP contribution < -0.4 is 0 Å². The van der Waals surface area contributed by atoms with Crippen molar-refractivity contribution in [2.45, 2.75) is 20.3 Å². The number of hydrogen-bond donors (Lipinski definition) is 0. The molecule has 0 unspecified atom stereocenters. The normalized spacial score (nSPS) is 12.5. The molecule has 0 aromatic heterocycles. The van der Waals surface area contributed by atoms with Crippen molar-refractivity contribution in [3.8, 4) is 11.1 Å². The highest BCUT2D eigenvalue weighted by molar-refractivity contribution is 6.22. The quantitative estimate of drug-likeness (QED) is 0.612. The number of hydrogen-bond acceptors (Lipinski definition) is 1. The van der Waals surface area contributed by atoms with Crippen molar-refractivity contribution in [3.63, 3.8) is 0 Å². The van der Waals surface area contributed by atoms with Gasteiger partial charge in [0.25, 0.3) is 0 Å². The molecule has 0 heterocycles. The van der Waals surface area contributed by atoms with Crippen LogP contribution in [0.5, 0.6) is 0 Å². The maximum atomic E-state index is 12.4. The number of benzene rings is 2. The van der Waals surface area contributed by atoms with Crippen molar-refractivity contribution in [3.05, 3.63) is 58.7 Å². The molecule has 0 saturated heterocycles. The van der Waals surface area contributed by atoms with Gasteiger partial charge in [-0.05, 0) is 35.6 Å². The van der Waals surface area contributed by atoms with E-state index in [-0.39, 0.29) is 5.78 Å². The van der Waals surface area contributed by atoms with Crippen molar-refractivity contribution in [2.24, 2.45) is 0 Å². The van der Waals surface area contributed by atoms with Crippen LogP contribution in [0, 0.1) is 6.92 Å². The molecule has 3 rings (SSSR count). The summed E-state index contributed by atoms with van der Waals surface area (Å²) >= 11 is 0. The minimum Gasteiger partial charge on any atom is -0.289 e. The molecule has 17 heavy (non-hydrogen) atoms. The second-order valence-electron chi connectivity index (χ2n) is 4.52. The maximum Gasteiger partial charge on any atom is 0.194 e. The Labute approximate surface area is 101 Å². The molecule has 0 atom stereocenters. The summed E-state index contributed by atoms with van der Waals surface area (Å²) < 4.78 is 0. The predicted molar refractivity (Wildman–Crippen MR) is 69.4 cm³/mol. The van der Waals surface area contributed by atoms with Gasteiger partial charge in [0, 0.05) is 11.1 Å². The Bertz CT molecular complexity index is 623. The van der Waals surface area contributed by atoms with Crippen molar-refractivity contribution < 1.29 is 4.79 Å². The Kier molecular flexibility index (Phi) is 2.15. The molecule has 0 bridgehead atoms. The first-order chi connectivity index (χ1) is 8.24. The Morgan fingerprint density at radius 3 is 2.35 bits per heavy atom. The second kappa shape index (κ2) is 3.56. The van der Waals surface area contributed by atoms with E-state index in [0.29, 0.717) is 0 Å². The fourth-order valence-electron chi connectivity index (χ4n) is 2.68. The van der Waals surface area contributed by atoms with Crippen LogP contribution >= 0.6 is 0 Å². The van der Waals surface area contributed by atoms with Crippen LogP contribution in [0.15, 0.2) is 36.4 Å². The molecule has 1 aliphatic rings. The summed E-state index contributed by atoms with van der Waals surface area (Å²) in [5, 5.41) is 0. The summed E-state index contributed by atoms with van der Waals surface area (Å²) in [7, 11) is 0. The van der Waals surface area contributed by atoms with Gasteiger partial charge in [0.15, 0.2) is 5.78 Å². The molecule has 1 aliphatic carbocycles. The zero-order valence-corrected chi connectivity index (χ0v) is 10.1. The molecule has 2 aromatic carbocycles. The highest BCUT2D eigenvalue weighted by atomic mass is 16.1. The van der Waals surface area contributed by atoms with E-state index < -0.39 is 0 Å². The average Bonchev–Trinajstić information content (AvgIpc) is 2.66. The molecule has 0 radical (unpaired) electrons. The van der Waals surface area contributed by atoms with Crippen LogP contribution in [-0.4, -0.2) is 5.78 Å². The molecule has 1 nitrogen and oxygen atoms in total. The zero-order chi connectivity index (χ0) is 12.0. The van der Waals surface area contributed by atoms with Crippen molar-refractivity contribution >= 4 is 5.78 Å². The number of ketones is 1. The van der Waals surface area contributed by atoms with Crippen LogP contribution in [-0.2, 0) is 6.42 Å². The van der Waals surface area contributed by atoms with E-state index >= 15 is 0 Å². The summed E-state index contributed by atoms with van der Waals surface area (Å²) in [6, 6.07) is 12.1. The van der Waals surface area contributed by atoms with Gasteiger partial charge in [-0.15, -0.1) is 0 Å². The lowest BCUT2D eigenvalue weighted by molar-refractivity contribution is 0.104. The highest BCUT2D eigenvalue weighted by Gasteiger charge is 2.29. The first kappa shape index (κ1) is 10.3. The van der Waals surface area contributed by atoms with Crippen LogP contribution in [0.2, 0.25) is 0 Å². The summed E-state index contributed by atoms with van der Waals surface area (Å²) in [5.41, 5.74) is 6.38. The second-order valence-corrected chi connectivity index (χ2v) is 4.52. The van der Waals surface area contributed by atoms with Gasteiger partial charge < -0.3 is 0 Å². The Morgan fingerprint density at radius 1 is 0.941 bits per heavy atom. The predicted octanol–water partition coefficient (Wildman–Crippen LogP) is 3.77. The zero-order valence-electron chi connectivity index (χ0n) is 10.1. The van der Waals surface area contributed by atoms with Gasteiger partial charge in [-0.25, -0.2) is 0 Å². The minimum absolute atomic E-state index is 0.184. The van der Waals surface area contributed by atoms with Gasteiger partial charge in [-0.2, -0.15) is 0 Å². The Balaban J connectivity index is 2.43. The minimum atomic E-state index is 0.184. The van der Waals surface area contributed by atoms with Gasteiger partial charge in [-0.1, -0.05) is 43.3 Å². The molecule has 84 valence electrons. The van der Waals surface area contributed by atoms with E-state index in [1.165, 1.54) is 5.56 Å². The molecule has 0 amide bonds. The van der Waals surface area contributed by atoms with E-state index in [9.17, 15) is 4.79 Å². The number of fused-ring (bicyclic) bond motifs is 3. The standard InChI is InChI=1S/C16H14O/c1-3-11-9-8-10(2)14-15(11)12-6-4-5-7-13(12)16(14)17/h4-9H,3H2,1-2H3. The Hall–Kier alpha value is -1.89. The number of aryl methyl sites for hydroxylation is 2. The van der Waals surface area contributed by atoms with E-state index in [1.807, 2.05) is 25.1 Å². The molecule has 0 N–H and O–H groups in total. The molecule has 0 fully saturated rings. The summed E-state index contributed by atoms with van der Waals surface area (Å²) in [5.74, 6) is 0.184. The van der Waals surface area contributed by atoms with E-state index in [1.54, 1.807) is 0 Å². The third kappa shape index (κ3) is 1.29. The van der Waals surface area contributed by atoms with E-state index in [2.05, 4.69) is 25.1 Å². The third-order valence-electron chi connectivity index (χ3n) is 3.55. The van der Waals surface area contributed by atoms with Crippen molar-refractivity contribution in [1.29, 1.82) is 0 Å². The van der Waals surface area contributed by atoms with Crippen LogP contribution in [0.3, 0.4) is 0 Å². The molecular formula is C16H14O. The topological polar surface area (TPSA) is 17.1 Å². The summed E-state index contributed by atoms with van der Waals surface area (Å²) in [6.07, 6.45) is 0.963. The number of rotatable bonds is 1. The summed E-state index contributed by atoms with van der Waals surface area (Å²) in [6.45, 7) is 4.15. The van der Waals surface area contributed by atoms with Crippen LogP contribution in [0.25, 0.3) is 11.1 Å². The molecular weight excluding hydrogens is 208 g/mol. The first-order valence-electron chi connectivity index (χ1n) is 6.00. The van der Waals surface area contributed by atoms with E-state index in [4.69, 9.17) is 0 Å². The molecule has 0 saturated carbocycles. The lowest BCUT2D eigenvalue weighted by atomic mass is 9.95. The fraction of sp³-hybridized carbons (Fsp3) is 0.188. The number of carbonyl (C=O) groups excluding carboxylic acids is 1. The number of carbonyl (C=O) groups is 1.